The van der Waals surface area contributed by atoms with Crippen molar-refractivity contribution in [1.82, 2.24) is 15.5 Å². The zero-order chi connectivity index (χ0) is 18.3. The second-order valence-electron chi connectivity index (χ2n) is 7.50. The smallest absolute Gasteiger partial charge is 0.191 e. The molecule has 0 radical (unpaired) electrons. The summed E-state index contributed by atoms with van der Waals surface area (Å²) in [5.41, 5.74) is 0. The quantitative estimate of drug-likeness (QED) is 0.319. The van der Waals surface area contributed by atoms with Gasteiger partial charge >= 0.3 is 0 Å². The highest BCUT2D eigenvalue weighted by molar-refractivity contribution is 14.0. The van der Waals surface area contributed by atoms with Crippen LogP contribution in [0.5, 0.6) is 0 Å². The molecular formula is C21H31IN4OS. The Morgan fingerprint density at radius 2 is 2.00 bits per heavy atom. The van der Waals surface area contributed by atoms with Gasteiger partial charge in [-0.1, -0.05) is 6.07 Å². The predicted molar refractivity (Wildman–Crippen MR) is 127 cm³/mol. The minimum atomic E-state index is 0. The van der Waals surface area contributed by atoms with Crippen LogP contribution in [0.4, 0.5) is 0 Å². The normalized spacial score (nSPS) is 18.6. The standard InChI is InChI=1S/C21H30N4OS.HI/c1-3-19(26-15-1)7-11-22-21(23-12-8-20-4-2-16-27-20)24-17-9-13-25(14-10-17)18-5-6-18;/h1-4,15-18H,5-14H2,(H2,22,23,24);1H. The molecule has 2 aromatic rings. The van der Waals surface area contributed by atoms with Crippen LogP contribution in [-0.4, -0.2) is 49.1 Å². The van der Waals surface area contributed by atoms with E-state index in [9.17, 15) is 0 Å². The number of hydrogen-bond acceptors (Lipinski definition) is 4. The molecule has 28 heavy (non-hydrogen) atoms. The SMILES string of the molecule is I.c1coc(CCNC(=NCCc2cccs2)NC2CCN(C3CC3)CC2)c1. The predicted octanol–water partition coefficient (Wildman–Crippen LogP) is 3.91. The fourth-order valence-electron chi connectivity index (χ4n) is 3.69. The van der Waals surface area contributed by atoms with Gasteiger partial charge in [0.15, 0.2) is 5.96 Å². The van der Waals surface area contributed by atoms with Gasteiger partial charge in [-0.2, -0.15) is 0 Å². The minimum Gasteiger partial charge on any atom is -0.469 e. The first kappa shape index (κ1) is 21.6. The van der Waals surface area contributed by atoms with E-state index in [1.54, 1.807) is 6.26 Å². The van der Waals surface area contributed by atoms with Crippen LogP contribution < -0.4 is 10.6 Å². The third-order valence-corrected chi connectivity index (χ3v) is 6.32. The van der Waals surface area contributed by atoms with Crippen molar-refractivity contribution >= 4 is 41.3 Å². The van der Waals surface area contributed by atoms with E-state index in [2.05, 4.69) is 33.0 Å². The van der Waals surface area contributed by atoms with Gasteiger partial charge in [-0.05, 0) is 49.3 Å². The fraction of sp³-hybridized carbons (Fsp3) is 0.571. The zero-order valence-corrected chi connectivity index (χ0v) is 19.5. The zero-order valence-electron chi connectivity index (χ0n) is 16.3. The fourth-order valence-corrected chi connectivity index (χ4v) is 4.38. The summed E-state index contributed by atoms with van der Waals surface area (Å²) < 4.78 is 5.43. The monoisotopic (exact) mass is 514 g/mol. The molecule has 5 nitrogen and oxygen atoms in total. The third-order valence-electron chi connectivity index (χ3n) is 5.39. The molecule has 0 atom stereocenters. The Kier molecular flexibility index (Phi) is 8.66. The van der Waals surface area contributed by atoms with Crippen molar-refractivity contribution in [2.75, 3.05) is 26.2 Å². The summed E-state index contributed by atoms with van der Waals surface area (Å²) in [5.74, 6) is 1.96. The third kappa shape index (κ3) is 6.77. The second-order valence-corrected chi connectivity index (χ2v) is 8.53. The lowest BCUT2D eigenvalue weighted by Crippen LogP contribution is -2.49. The van der Waals surface area contributed by atoms with Gasteiger partial charge < -0.3 is 20.0 Å². The van der Waals surface area contributed by atoms with Crippen molar-refractivity contribution in [2.24, 2.45) is 4.99 Å². The van der Waals surface area contributed by atoms with Gasteiger partial charge in [-0.3, -0.25) is 4.99 Å². The molecule has 3 heterocycles. The molecule has 0 amide bonds. The summed E-state index contributed by atoms with van der Waals surface area (Å²) in [5, 5.41) is 9.31. The highest BCUT2D eigenvalue weighted by Crippen LogP contribution is 2.29. The molecule has 2 aliphatic rings. The van der Waals surface area contributed by atoms with Gasteiger partial charge in [0.1, 0.15) is 5.76 Å². The first-order chi connectivity index (χ1) is 13.4. The molecule has 0 spiro atoms. The highest BCUT2D eigenvalue weighted by Gasteiger charge is 2.31. The molecule has 0 unspecified atom stereocenters. The number of aliphatic imine (C=N–C) groups is 1. The molecule has 2 fully saturated rings. The molecule has 1 saturated heterocycles. The Bertz CT molecular complexity index is 692. The summed E-state index contributed by atoms with van der Waals surface area (Å²) in [6, 6.07) is 9.67. The van der Waals surface area contributed by atoms with Crippen LogP contribution in [0.25, 0.3) is 0 Å². The van der Waals surface area contributed by atoms with E-state index in [1.165, 1.54) is 43.6 Å². The molecular weight excluding hydrogens is 483 g/mol. The largest absolute Gasteiger partial charge is 0.469 e. The molecule has 0 bridgehead atoms. The lowest BCUT2D eigenvalue weighted by Gasteiger charge is -2.33. The lowest BCUT2D eigenvalue weighted by atomic mass is 10.1. The van der Waals surface area contributed by atoms with Crippen molar-refractivity contribution in [3.05, 3.63) is 46.5 Å². The van der Waals surface area contributed by atoms with Crippen LogP contribution in [0.1, 0.15) is 36.3 Å². The Labute approximate surface area is 189 Å². The number of hydrogen-bond donors (Lipinski definition) is 2. The number of guanidine groups is 1. The number of halogens is 1. The topological polar surface area (TPSA) is 52.8 Å². The number of furan rings is 1. The molecule has 7 heteroatoms. The summed E-state index contributed by atoms with van der Waals surface area (Å²) in [6.45, 7) is 4.09. The molecule has 2 aromatic heterocycles. The van der Waals surface area contributed by atoms with Gasteiger partial charge in [0.2, 0.25) is 0 Å². The average Bonchev–Trinajstić information content (AvgIpc) is 3.16. The van der Waals surface area contributed by atoms with Crippen molar-refractivity contribution < 1.29 is 4.42 Å². The maximum Gasteiger partial charge on any atom is 0.191 e. The number of piperidine rings is 1. The Balaban J connectivity index is 0.00000225. The van der Waals surface area contributed by atoms with Gasteiger partial charge in [-0.25, -0.2) is 0 Å². The Morgan fingerprint density at radius 3 is 2.68 bits per heavy atom. The minimum absolute atomic E-state index is 0. The first-order valence-corrected chi connectivity index (χ1v) is 11.1. The molecule has 1 aliphatic carbocycles. The van der Waals surface area contributed by atoms with Crippen LogP contribution in [0.3, 0.4) is 0 Å². The number of likely N-dealkylation sites (tertiary alicyclic amines) is 1. The second kappa shape index (κ2) is 11.2. The number of rotatable bonds is 8. The van der Waals surface area contributed by atoms with Gasteiger partial charge in [0.25, 0.3) is 0 Å². The van der Waals surface area contributed by atoms with E-state index >= 15 is 0 Å². The van der Waals surface area contributed by atoms with Crippen molar-refractivity contribution in [3.63, 3.8) is 0 Å². The van der Waals surface area contributed by atoms with Crippen LogP contribution >= 0.6 is 35.3 Å². The molecule has 2 N–H and O–H groups in total. The van der Waals surface area contributed by atoms with Crippen molar-refractivity contribution in [3.8, 4) is 0 Å². The highest BCUT2D eigenvalue weighted by atomic mass is 127. The molecule has 0 aromatic carbocycles. The number of nitrogens with one attached hydrogen (secondary N) is 2. The van der Waals surface area contributed by atoms with Crippen molar-refractivity contribution in [1.29, 1.82) is 0 Å². The summed E-state index contributed by atoms with van der Waals surface area (Å²) in [4.78, 5) is 8.89. The number of nitrogens with zero attached hydrogens (tertiary/aromatic N) is 2. The van der Waals surface area contributed by atoms with Crippen LogP contribution in [0.2, 0.25) is 0 Å². The maximum atomic E-state index is 5.43. The maximum absolute atomic E-state index is 5.43. The summed E-state index contributed by atoms with van der Waals surface area (Å²) in [6.07, 6.45) is 8.84. The van der Waals surface area contributed by atoms with Crippen LogP contribution in [0.15, 0.2) is 45.3 Å². The van der Waals surface area contributed by atoms with E-state index < -0.39 is 0 Å². The van der Waals surface area contributed by atoms with Crippen molar-refractivity contribution in [2.45, 2.75) is 50.6 Å². The van der Waals surface area contributed by atoms with Gasteiger partial charge in [-0.15, -0.1) is 35.3 Å². The van der Waals surface area contributed by atoms with E-state index in [0.29, 0.717) is 6.04 Å². The average molecular weight is 514 g/mol. The van der Waals surface area contributed by atoms with Crippen LogP contribution in [0, 0.1) is 0 Å². The summed E-state index contributed by atoms with van der Waals surface area (Å²) >= 11 is 1.81. The molecule has 1 aliphatic heterocycles. The van der Waals surface area contributed by atoms with Gasteiger partial charge in [0, 0.05) is 56.0 Å². The van der Waals surface area contributed by atoms with Gasteiger partial charge in [0.05, 0.1) is 6.26 Å². The first-order valence-electron chi connectivity index (χ1n) is 10.2. The molecule has 1 saturated carbocycles. The van der Waals surface area contributed by atoms with E-state index in [-0.39, 0.29) is 24.0 Å². The van der Waals surface area contributed by atoms with E-state index in [4.69, 9.17) is 9.41 Å². The van der Waals surface area contributed by atoms with E-state index in [0.717, 1.165) is 43.7 Å². The number of thiophene rings is 1. The molecule has 4 rings (SSSR count). The lowest BCUT2D eigenvalue weighted by molar-refractivity contribution is 0.197. The molecule has 154 valence electrons. The van der Waals surface area contributed by atoms with Crippen LogP contribution in [-0.2, 0) is 12.8 Å². The summed E-state index contributed by atoms with van der Waals surface area (Å²) in [7, 11) is 0. The van der Waals surface area contributed by atoms with E-state index in [1.807, 2.05) is 23.5 Å². The Hall–Kier alpha value is -1.06. The Morgan fingerprint density at radius 1 is 1.14 bits per heavy atom.